The van der Waals surface area contributed by atoms with E-state index in [-0.39, 0.29) is 0 Å². The van der Waals surface area contributed by atoms with Crippen molar-refractivity contribution in [3.8, 4) is 0 Å². The summed E-state index contributed by atoms with van der Waals surface area (Å²) in [6.45, 7) is 3.43. The zero-order valence-corrected chi connectivity index (χ0v) is 12.8. The normalized spacial score (nSPS) is 27.2. The van der Waals surface area contributed by atoms with Gasteiger partial charge >= 0.3 is 0 Å². The fourth-order valence-corrected chi connectivity index (χ4v) is 4.13. The number of likely N-dealkylation sites (tertiary alicyclic amines) is 1. The van der Waals surface area contributed by atoms with Gasteiger partial charge in [0, 0.05) is 19.1 Å². The van der Waals surface area contributed by atoms with Crippen LogP contribution >= 0.6 is 0 Å². The Morgan fingerprint density at radius 1 is 1.00 bits per heavy atom. The molecule has 2 atom stereocenters. The molecule has 2 heteroatoms. The van der Waals surface area contributed by atoms with E-state index < -0.39 is 0 Å². The van der Waals surface area contributed by atoms with Crippen LogP contribution in [0.1, 0.15) is 49.7 Å². The second kappa shape index (κ2) is 6.73. The molecule has 3 rings (SSSR count). The highest BCUT2D eigenvalue weighted by molar-refractivity contribution is 5.22. The molecule has 1 aromatic carbocycles. The van der Waals surface area contributed by atoms with Gasteiger partial charge in [0.05, 0.1) is 0 Å². The molecule has 2 fully saturated rings. The summed E-state index contributed by atoms with van der Waals surface area (Å²) in [6.07, 6.45) is 8.69. The van der Waals surface area contributed by atoms with Crippen LogP contribution in [0.3, 0.4) is 0 Å². The van der Waals surface area contributed by atoms with Gasteiger partial charge in [0.2, 0.25) is 0 Å². The van der Waals surface area contributed by atoms with Gasteiger partial charge in [-0.25, -0.2) is 0 Å². The monoisotopic (exact) mass is 272 g/mol. The number of piperidine rings is 1. The van der Waals surface area contributed by atoms with Crippen LogP contribution < -0.4 is 5.32 Å². The number of fused-ring (bicyclic) bond motifs is 1. The van der Waals surface area contributed by atoms with Crippen molar-refractivity contribution in [2.45, 2.75) is 57.7 Å². The molecule has 1 aliphatic heterocycles. The number of rotatable bonds is 4. The molecule has 0 spiro atoms. The molecule has 1 saturated heterocycles. The zero-order chi connectivity index (χ0) is 13.8. The van der Waals surface area contributed by atoms with Crippen molar-refractivity contribution in [2.24, 2.45) is 5.92 Å². The van der Waals surface area contributed by atoms with Crippen LogP contribution in [0, 0.1) is 5.92 Å². The summed E-state index contributed by atoms with van der Waals surface area (Å²) in [5.74, 6) is 0.987. The minimum Gasteiger partial charge on any atom is -0.316 e. The van der Waals surface area contributed by atoms with Gasteiger partial charge in [-0.15, -0.1) is 0 Å². The Morgan fingerprint density at radius 3 is 2.50 bits per heavy atom. The Bertz CT molecular complexity index is 410. The summed E-state index contributed by atoms with van der Waals surface area (Å²) < 4.78 is 0. The van der Waals surface area contributed by atoms with Crippen LogP contribution in [0.25, 0.3) is 0 Å². The molecule has 0 amide bonds. The lowest BCUT2D eigenvalue weighted by Crippen LogP contribution is -2.46. The Kier molecular flexibility index (Phi) is 4.74. The third-order valence-electron chi connectivity index (χ3n) is 5.15. The van der Waals surface area contributed by atoms with E-state index in [0.29, 0.717) is 0 Å². The van der Waals surface area contributed by atoms with Crippen molar-refractivity contribution in [2.75, 3.05) is 13.6 Å². The lowest BCUT2D eigenvalue weighted by Gasteiger charge is -2.44. The van der Waals surface area contributed by atoms with Crippen molar-refractivity contribution < 1.29 is 0 Å². The molecule has 1 aliphatic carbocycles. The molecule has 110 valence electrons. The maximum Gasteiger partial charge on any atom is 0.0236 e. The van der Waals surface area contributed by atoms with Gasteiger partial charge in [0.1, 0.15) is 0 Å². The Hall–Kier alpha value is -0.860. The first-order chi connectivity index (χ1) is 9.86. The molecule has 20 heavy (non-hydrogen) atoms. The van der Waals surface area contributed by atoms with Crippen LogP contribution in [0.5, 0.6) is 0 Å². The number of hydrogen-bond acceptors (Lipinski definition) is 2. The topological polar surface area (TPSA) is 15.3 Å². The van der Waals surface area contributed by atoms with E-state index in [4.69, 9.17) is 0 Å². The third-order valence-corrected chi connectivity index (χ3v) is 5.15. The summed E-state index contributed by atoms with van der Waals surface area (Å²) in [7, 11) is 2.00. The lowest BCUT2D eigenvalue weighted by molar-refractivity contribution is 0.0547. The Balaban J connectivity index is 1.63. The van der Waals surface area contributed by atoms with E-state index in [2.05, 4.69) is 34.5 Å². The second-order valence-corrected chi connectivity index (χ2v) is 6.57. The highest BCUT2D eigenvalue weighted by Crippen LogP contribution is 2.35. The highest BCUT2D eigenvalue weighted by Gasteiger charge is 2.32. The quantitative estimate of drug-likeness (QED) is 0.901. The molecule has 2 unspecified atom stereocenters. The first-order valence-corrected chi connectivity index (χ1v) is 8.33. The first kappa shape index (κ1) is 14.1. The fourth-order valence-electron chi connectivity index (χ4n) is 4.13. The maximum absolute atomic E-state index is 3.21. The maximum atomic E-state index is 3.21. The van der Waals surface area contributed by atoms with E-state index in [0.717, 1.165) is 25.0 Å². The molecule has 1 heterocycles. The van der Waals surface area contributed by atoms with Crippen molar-refractivity contribution in [1.82, 2.24) is 10.2 Å². The predicted octanol–water partition coefficient (Wildman–Crippen LogP) is 3.56. The summed E-state index contributed by atoms with van der Waals surface area (Å²) in [6, 6.07) is 10.1. The minimum atomic E-state index is 0.870. The first-order valence-electron chi connectivity index (χ1n) is 8.33. The second-order valence-electron chi connectivity index (χ2n) is 6.57. The summed E-state index contributed by atoms with van der Waals surface area (Å²) in [5.41, 5.74) is 2.86. The van der Waals surface area contributed by atoms with Crippen molar-refractivity contribution in [3.63, 3.8) is 0 Å². The largest absolute Gasteiger partial charge is 0.316 e. The molecule has 0 bridgehead atoms. The van der Waals surface area contributed by atoms with E-state index in [1.165, 1.54) is 56.2 Å². The molecular weight excluding hydrogens is 244 g/mol. The minimum absolute atomic E-state index is 0.870. The van der Waals surface area contributed by atoms with Crippen molar-refractivity contribution in [1.29, 1.82) is 0 Å². The summed E-state index contributed by atoms with van der Waals surface area (Å²) in [4.78, 5) is 2.76. The number of benzene rings is 1. The van der Waals surface area contributed by atoms with Crippen molar-refractivity contribution in [3.05, 3.63) is 35.4 Å². The standard InChI is InChI=1S/C18H28N2/c1-19-13-15-8-10-16(11-9-15)14-20-12-4-6-17-5-2-3-7-18(17)20/h8-11,17-19H,2-7,12-14H2,1H3. The lowest BCUT2D eigenvalue weighted by atomic mass is 9.78. The zero-order valence-electron chi connectivity index (χ0n) is 12.8. The SMILES string of the molecule is CNCc1ccc(CN2CCCC3CCCCC32)cc1. The smallest absolute Gasteiger partial charge is 0.0236 e. The molecular formula is C18H28N2. The van der Waals surface area contributed by atoms with Crippen LogP contribution in [-0.4, -0.2) is 24.5 Å². The van der Waals surface area contributed by atoms with Gasteiger partial charge in [-0.05, 0) is 56.3 Å². The molecule has 0 aromatic heterocycles. The summed E-state index contributed by atoms with van der Waals surface area (Å²) in [5, 5.41) is 3.21. The van der Waals surface area contributed by atoms with E-state index in [1.54, 1.807) is 0 Å². The Labute approximate surface area is 123 Å². The fraction of sp³-hybridized carbons (Fsp3) is 0.667. The van der Waals surface area contributed by atoms with Crippen molar-refractivity contribution >= 4 is 0 Å². The number of hydrogen-bond donors (Lipinski definition) is 1. The highest BCUT2D eigenvalue weighted by atomic mass is 15.2. The number of nitrogens with zero attached hydrogens (tertiary/aromatic N) is 1. The average Bonchev–Trinajstić information content (AvgIpc) is 2.50. The Morgan fingerprint density at radius 2 is 1.70 bits per heavy atom. The molecule has 1 N–H and O–H groups in total. The molecule has 0 radical (unpaired) electrons. The van der Waals surface area contributed by atoms with Gasteiger partial charge in [-0.1, -0.05) is 37.1 Å². The van der Waals surface area contributed by atoms with E-state index in [1.807, 2.05) is 7.05 Å². The van der Waals surface area contributed by atoms with Gasteiger partial charge in [-0.2, -0.15) is 0 Å². The van der Waals surface area contributed by atoms with Gasteiger partial charge in [0.15, 0.2) is 0 Å². The van der Waals surface area contributed by atoms with E-state index >= 15 is 0 Å². The van der Waals surface area contributed by atoms with Gasteiger partial charge in [0.25, 0.3) is 0 Å². The number of nitrogens with one attached hydrogen (secondary N) is 1. The summed E-state index contributed by atoms with van der Waals surface area (Å²) >= 11 is 0. The van der Waals surface area contributed by atoms with E-state index in [9.17, 15) is 0 Å². The predicted molar refractivity (Wildman–Crippen MR) is 84.6 cm³/mol. The third kappa shape index (κ3) is 3.24. The molecule has 2 aliphatic rings. The average molecular weight is 272 g/mol. The van der Waals surface area contributed by atoms with Gasteiger partial charge in [-0.3, -0.25) is 4.90 Å². The van der Waals surface area contributed by atoms with Crippen LogP contribution in [0.4, 0.5) is 0 Å². The molecule has 1 saturated carbocycles. The molecule has 2 nitrogen and oxygen atoms in total. The van der Waals surface area contributed by atoms with Crippen LogP contribution in [0.2, 0.25) is 0 Å². The molecule has 1 aromatic rings. The van der Waals surface area contributed by atoms with Gasteiger partial charge < -0.3 is 5.32 Å². The van der Waals surface area contributed by atoms with Crippen LogP contribution in [0.15, 0.2) is 24.3 Å². The van der Waals surface area contributed by atoms with Crippen LogP contribution in [-0.2, 0) is 13.1 Å².